The molecule has 0 saturated heterocycles. The maximum atomic E-state index is 13.9. The molecule has 0 aliphatic carbocycles. The van der Waals surface area contributed by atoms with Crippen molar-refractivity contribution in [3.05, 3.63) is 57.8 Å². The van der Waals surface area contributed by atoms with E-state index in [0.717, 1.165) is 6.07 Å². The van der Waals surface area contributed by atoms with Crippen LogP contribution in [-0.2, 0) is 6.54 Å². The minimum atomic E-state index is -0.828. The van der Waals surface area contributed by atoms with Crippen LogP contribution in [0.15, 0.2) is 34.8 Å². The standard InChI is InChI=1S/C15H13BrF3NO/c1-2-20-8-9-5-13(18)15(14(19)6-9)21-10-3-4-11(16)12(17)7-10/h3-7,20H,2,8H2,1H3. The molecule has 2 aromatic carbocycles. The van der Waals surface area contributed by atoms with Crippen molar-refractivity contribution < 1.29 is 17.9 Å². The van der Waals surface area contributed by atoms with Crippen LogP contribution < -0.4 is 10.1 Å². The van der Waals surface area contributed by atoms with E-state index in [2.05, 4.69) is 21.2 Å². The van der Waals surface area contributed by atoms with Crippen LogP contribution in [0.25, 0.3) is 0 Å². The summed E-state index contributed by atoms with van der Waals surface area (Å²) >= 11 is 2.99. The third kappa shape index (κ3) is 3.98. The normalized spacial score (nSPS) is 10.7. The second-order valence-electron chi connectivity index (χ2n) is 4.35. The number of rotatable bonds is 5. The van der Waals surface area contributed by atoms with Gasteiger partial charge in [-0.05, 0) is 52.3 Å². The minimum Gasteiger partial charge on any atom is -0.451 e. The highest BCUT2D eigenvalue weighted by Gasteiger charge is 2.14. The molecule has 2 nitrogen and oxygen atoms in total. The van der Waals surface area contributed by atoms with E-state index >= 15 is 0 Å². The van der Waals surface area contributed by atoms with Crippen molar-refractivity contribution in [2.45, 2.75) is 13.5 Å². The van der Waals surface area contributed by atoms with Crippen LogP contribution in [0.2, 0.25) is 0 Å². The van der Waals surface area contributed by atoms with Gasteiger partial charge < -0.3 is 10.1 Å². The molecule has 0 heterocycles. The Morgan fingerprint density at radius 1 is 1.05 bits per heavy atom. The van der Waals surface area contributed by atoms with Crippen molar-refractivity contribution in [3.8, 4) is 11.5 Å². The summed E-state index contributed by atoms with van der Waals surface area (Å²) in [6.07, 6.45) is 0. The van der Waals surface area contributed by atoms with Gasteiger partial charge >= 0.3 is 0 Å². The van der Waals surface area contributed by atoms with Crippen molar-refractivity contribution >= 4 is 15.9 Å². The number of ether oxygens (including phenoxy) is 1. The molecular formula is C15H13BrF3NO. The van der Waals surface area contributed by atoms with Gasteiger partial charge in [-0.15, -0.1) is 0 Å². The fourth-order valence-corrected chi connectivity index (χ4v) is 1.99. The summed E-state index contributed by atoms with van der Waals surface area (Å²) in [7, 11) is 0. The molecule has 2 rings (SSSR count). The van der Waals surface area contributed by atoms with Gasteiger partial charge in [-0.1, -0.05) is 6.92 Å². The van der Waals surface area contributed by atoms with Gasteiger partial charge in [0.05, 0.1) is 4.47 Å². The minimum absolute atomic E-state index is 0.0212. The van der Waals surface area contributed by atoms with Crippen molar-refractivity contribution in [2.75, 3.05) is 6.54 Å². The smallest absolute Gasteiger partial charge is 0.198 e. The summed E-state index contributed by atoms with van der Waals surface area (Å²) in [6.45, 7) is 2.95. The third-order valence-electron chi connectivity index (χ3n) is 2.75. The molecule has 1 N–H and O–H groups in total. The van der Waals surface area contributed by atoms with Crippen molar-refractivity contribution in [2.24, 2.45) is 0 Å². The van der Waals surface area contributed by atoms with E-state index in [9.17, 15) is 13.2 Å². The fourth-order valence-electron chi connectivity index (χ4n) is 1.74. The molecule has 0 saturated carbocycles. The van der Waals surface area contributed by atoms with E-state index in [4.69, 9.17) is 4.74 Å². The van der Waals surface area contributed by atoms with Crippen LogP contribution in [-0.4, -0.2) is 6.54 Å². The number of benzene rings is 2. The fraction of sp³-hybridized carbons (Fsp3) is 0.200. The van der Waals surface area contributed by atoms with Crippen LogP contribution in [0.5, 0.6) is 11.5 Å². The second kappa shape index (κ2) is 6.95. The molecule has 0 fully saturated rings. The molecular weight excluding hydrogens is 347 g/mol. The number of nitrogens with one attached hydrogen (secondary N) is 1. The zero-order valence-electron chi connectivity index (χ0n) is 11.2. The molecule has 2 aromatic rings. The Morgan fingerprint density at radius 2 is 1.71 bits per heavy atom. The lowest BCUT2D eigenvalue weighted by Gasteiger charge is -2.10. The molecule has 0 aromatic heterocycles. The van der Waals surface area contributed by atoms with Crippen LogP contribution in [0, 0.1) is 17.5 Å². The monoisotopic (exact) mass is 359 g/mol. The molecule has 6 heteroatoms. The maximum Gasteiger partial charge on any atom is 0.198 e. The predicted molar refractivity (Wildman–Crippen MR) is 77.9 cm³/mol. The summed E-state index contributed by atoms with van der Waals surface area (Å²) < 4.78 is 46.5. The molecule has 112 valence electrons. The van der Waals surface area contributed by atoms with Gasteiger partial charge in [0.2, 0.25) is 0 Å². The van der Waals surface area contributed by atoms with Gasteiger partial charge in [-0.3, -0.25) is 0 Å². The van der Waals surface area contributed by atoms with Crippen molar-refractivity contribution in [1.29, 1.82) is 0 Å². The molecule has 0 unspecified atom stereocenters. The third-order valence-corrected chi connectivity index (χ3v) is 3.39. The molecule has 21 heavy (non-hydrogen) atoms. The van der Waals surface area contributed by atoms with E-state index in [1.807, 2.05) is 6.92 Å². The first-order valence-electron chi connectivity index (χ1n) is 6.32. The van der Waals surface area contributed by atoms with E-state index < -0.39 is 23.2 Å². The zero-order chi connectivity index (χ0) is 15.4. The maximum absolute atomic E-state index is 13.9. The molecule has 0 spiro atoms. The average molecular weight is 360 g/mol. The van der Waals surface area contributed by atoms with Gasteiger partial charge in [0.15, 0.2) is 17.4 Å². The van der Waals surface area contributed by atoms with Gasteiger partial charge in [0, 0.05) is 12.6 Å². The lowest BCUT2D eigenvalue weighted by Crippen LogP contribution is -2.12. The highest BCUT2D eigenvalue weighted by molar-refractivity contribution is 9.10. The first-order valence-corrected chi connectivity index (χ1v) is 7.12. The lowest BCUT2D eigenvalue weighted by molar-refractivity contribution is 0.403. The van der Waals surface area contributed by atoms with Crippen molar-refractivity contribution in [3.63, 3.8) is 0 Å². The number of hydrogen-bond acceptors (Lipinski definition) is 2. The van der Waals surface area contributed by atoms with Gasteiger partial charge in [-0.25, -0.2) is 13.2 Å². The summed E-state index contributed by atoms with van der Waals surface area (Å²) in [4.78, 5) is 0. The largest absolute Gasteiger partial charge is 0.451 e. The molecule has 0 aliphatic heterocycles. The Morgan fingerprint density at radius 3 is 2.29 bits per heavy atom. The summed E-state index contributed by atoms with van der Waals surface area (Å²) in [6, 6.07) is 6.25. The Hall–Kier alpha value is -1.53. The topological polar surface area (TPSA) is 21.3 Å². The van der Waals surface area contributed by atoms with Crippen LogP contribution in [0.3, 0.4) is 0 Å². The van der Waals surface area contributed by atoms with Crippen molar-refractivity contribution in [1.82, 2.24) is 5.32 Å². The van der Waals surface area contributed by atoms with Gasteiger partial charge in [-0.2, -0.15) is 0 Å². The van der Waals surface area contributed by atoms with Crippen LogP contribution in [0.1, 0.15) is 12.5 Å². The first kappa shape index (κ1) is 15.9. The average Bonchev–Trinajstić information content (AvgIpc) is 2.44. The van der Waals surface area contributed by atoms with Gasteiger partial charge in [0.1, 0.15) is 11.6 Å². The summed E-state index contributed by atoms with van der Waals surface area (Å²) in [5, 5.41) is 2.97. The highest BCUT2D eigenvalue weighted by atomic mass is 79.9. The summed E-state index contributed by atoms with van der Waals surface area (Å²) in [5.74, 6) is -2.75. The summed E-state index contributed by atoms with van der Waals surface area (Å²) in [5.41, 5.74) is 0.473. The SMILES string of the molecule is CCNCc1cc(F)c(Oc2ccc(Br)c(F)c2)c(F)c1. The lowest BCUT2D eigenvalue weighted by atomic mass is 10.2. The molecule has 0 amide bonds. The second-order valence-corrected chi connectivity index (χ2v) is 5.20. The van der Waals surface area contributed by atoms with Crippen LogP contribution in [0.4, 0.5) is 13.2 Å². The van der Waals surface area contributed by atoms with E-state index in [0.29, 0.717) is 18.7 Å². The van der Waals surface area contributed by atoms with E-state index in [1.54, 1.807) is 0 Å². The number of hydrogen-bond donors (Lipinski definition) is 1. The Bertz CT molecular complexity index is 626. The van der Waals surface area contributed by atoms with E-state index in [1.165, 1.54) is 24.3 Å². The van der Waals surface area contributed by atoms with E-state index in [-0.39, 0.29) is 10.2 Å². The highest BCUT2D eigenvalue weighted by Crippen LogP contribution is 2.30. The Labute approximate surface area is 129 Å². The molecule has 0 aliphatic rings. The Balaban J connectivity index is 2.25. The predicted octanol–water partition coefficient (Wildman–Crippen LogP) is 4.77. The van der Waals surface area contributed by atoms with Gasteiger partial charge in [0.25, 0.3) is 0 Å². The Kier molecular flexibility index (Phi) is 5.25. The first-order chi connectivity index (χ1) is 10.0. The van der Waals surface area contributed by atoms with Crippen LogP contribution >= 0.6 is 15.9 Å². The zero-order valence-corrected chi connectivity index (χ0v) is 12.8. The quantitative estimate of drug-likeness (QED) is 0.830. The molecule has 0 atom stereocenters. The molecule has 0 bridgehead atoms. The molecule has 0 radical (unpaired) electrons. The number of halogens is 4.